The lowest BCUT2D eigenvalue weighted by Crippen LogP contribution is -2.24. The minimum atomic E-state index is -0.875. The number of amides is 1. The average molecular weight is 269 g/mol. The van der Waals surface area contributed by atoms with Gasteiger partial charge in [-0.1, -0.05) is 42.5 Å². The summed E-state index contributed by atoms with van der Waals surface area (Å²) in [4.78, 5) is 22.7. The van der Waals surface area contributed by atoms with E-state index in [1.54, 1.807) is 19.1 Å². The molecule has 2 aromatic rings. The lowest BCUT2D eigenvalue weighted by atomic mass is 10.1. The second-order valence-corrected chi connectivity index (χ2v) is 4.12. The number of rotatable bonds is 3. The zero-order chi connectivity index (χ0) is 14.4. The first kappa shape index (κ1) is 13.8. The van der Waals surface area contributed by atoms with Gasteiger partial charge in [0, 0.05) is 5.69 Å². The zero-order valence-corrected chi connectivity index (χ0v) is 11.1. The van der Waals surface area contributed by atoms with Crippen molar-refractivity contribution in [1.82, 2.24) is 0 Å². The first-order valence-corrected chi connectivity index (χ1v) is 6.34. The van der Waals surface area contributed by atoms with E-state index in [1.165, 1.54) is 0 Å². The lowest BCUT2D eigenvalue weighted by Gasteiger charge is -2.06. The van der Waals surface area contributed by atoms with E-state index in [1.807, 2.05) is 42.5 Å². The highest BCUT2D eigenvalue weighted by molar-refractivity contribution is 6.37. The molecule has 102 valence electrons. The van der Waals surface area contributed by atoms with Gasteiger partial charge in [-0.3, -0.25) is 4.79 Å². The highest BCUT2D eigenvalue weighted by atomic mass is 16.5. The van der Waals surface area contributed by atoms with Crippen molar-refractivity contribution in [3.63, 3.8) is 0 Å². The van der Waals surface area contributed by atoms with Gasteiger partial charge in [-0.05, 0) is 30.2 Å². The van der Waals surface area contributed by atoms with Gasteiger partial charge in [0.1, 0.15) is 0 Å². The van der Waals surface area contributed by atoms with Crippen LogP contribution in [0.1, 0.15) is 6.92 Å². The molecular formula is C16H15NO3. The summed E-state index contributed by atoms with van der Waals surface area (Å²) in [5, 5.41) is 2.49. The Hall–Kier alpha value is -2.62. The molecule has 0 fully saturated rings. The summed E-state index contributed by atoms with van der Waals surface area (Å²) < 4.78 is 4.62. The van der Waals surface area contributed by atoms with E-state index in [-0.39, 0.29) is 6.61 Å². The largest absolute Gasteiger partial charge is 0.459 e. The Balaban J connectivity index is 2.06. The maximum Gasteiger partial charge on any atom is 0.397 e. The van der Waals surface area contributed by atoms with Crippen LogP contribution in [0.25, 0.3) is 11.1 Å². The van der Waals surface area contributed by atoms with Gasteiger partial charge in [0.2, 0.25) is 0 Å². The zero-order valence-electron chi connectivity index (χ0n) is 11.1. The summed E-state index contributed by atoms with van der Waals surface area (Å²) in [5.41, 5.74) is 2.69. The van der Waals surface area contributed by atoms with E-state index in [0.29, 0.717) is 5.69 Å². The number of hydrogen-bond donors (Lipinski definition) is 1. The van der Waals surface area contributed by atoms with Crippen LogP contribution in [0.4, 0.5) is 5.69 Å². The molecule has 4 heteroatoms. The first-order chi connectivity index (χ1) is 9.70. The highest BCUT2D eigenvalue weighted by Crippen LogP contribution is 2.20. The molecule has 0 radical (unpaired) electrons. The van der Waals surface area contributed by atoms with E-state index in [0.717, 1.165) is 11.1 Å². The Morgan fingerprint density at radius 3 is 2.15 bits per heavy atom. The van der Waals surface area contributed by atoms with E-state index in [2.05, 4.69) is 10.1 Å². The van der Waals surface area contributed by atoms with Crippen molar-refractivity contribution in [2.24, 2.45) is 0 Å². The molecule has 0 heterocycles. The lowest BCUT2D eigenvalue weighted by molar-refractivity contribution is -0.152. The number of carbonyl (C=O) groups is 2. The number of benzene rings is 2. The van der Waals surface area contributed by atoms with Crippen LogP contribution in [0.5, 0.6) is 0 Å². The number of esters is 1. The van der Waals surface area contributed by atoms with Crippen molar-refractivity contribution >= 4 is 17.6 Å². The summed E-state index contributed by atoms with van der Waals surface area (Å²) >= 11 is 0. The third-order valence-corrected chi connectivity index (χ3v) is 2.71. The summed E-state index contributed by atoms with van der Waals surface area (Å²) in [5.74, 6) is -1.64. The van der Waals surface area contributed by atoms with Gasteiger partial charge in [-0.25, -0.2) is 4.79 Å². The quantitative estimate of drug-likeness (QED) is 0.688. The van der Waals surface area contributed by atoms with Crippen LogP contribution in [-0.4, -0.2) is 18.5 Å². The van der Waals surface area contributed by atoms with Gasteiger partial charge in [0.25, 0.3) is 0 Å². The normalized spacial score (nSPS) is 9.85. The van der Waals surface area contributed by atoms with Crippen molar-refractivity contribution in [3.05, 3.63) is 54.6 Å². The van der Waals surface area contributed by atoms with Gasteiger partial charge >= 0.3 is 11.9 Å². The van der Waals surface area contributed by atoms with Crippen LogP contribution in [0.2, 0.25) is 0 Å². The van der Waals surface area contributed by atoms with E-state index < -0.39 is 11.9 Å². The molecule has 0 atom stereocenters. The molecule has 4 nitrogen and oxygen atoms in total. The van der Waals surface area contributed by atoms with Crippen molar-refractivity contribution in [3.8, 4) is 11.1 Å². The Morgan fingerprint density at radius 2 is 1.55 bits per heavy atom. The van der Waals surface area contributed by atoms with Crippen LogP contribution in [0.15, 0.2) is 54.6 Å². The van der Waals surface area contributed by atoms with Gasteiger partial charge in [0.05, 0.1) is 6.61 Å². The molecule has 0 saturated heterocycles. The summed E-state index contributed by atoms with van der Waals surface area (Å²) in [6.45, 7) is 1.83. The van der Waals surface area contributed by atoms with Crippen molar-refractivity contribution in [2.45, 2.75) is 6.92 Å². The fraction of sp³-hybridized carbons (Fsp3) is 0.125. The molecule has 2 rings (SSSR count). The Morgan fingerprint density at radius 1 is 0.950 bits per heavy atom. The summed E-state index contributed by atoms with van der Waals surface area (Å²) in [6.07, 6.45) is 0. The summed E-state index contributed by atoms with van der Waals surface area (Å²) in [6, 6.07) is 17.2. The molecule has 0 aliphatic carbocycles. The molecule has 1 N–H and O–H groups in total. The molecule has 0 saturated carbocycles. The average Bonchev–Trinajstić information content (AvgIpc) is 2.49. The molecule has 2 aromatic carbocycles. The standard InChI is InChI=1S/C16H15NO3/c1-2-20-16(19)15(18)17-14-10-8-13(9-11-14)12-6-4-3-5-7-12/h3-11H,2H2,1H3,(H,17,18). The van der Waals surface area contributed by atoms with Gasteiger partial charge in [-0.2, -0.15) is 0 Å². The van der Waals surface area contributed by atoms with E-state index >= 15 is 0 Å². The van der Waals surface area contributed by atoms with Crippen molar-refractivity contribution in [1.29, 1.82) is 0 Å². The van der Waals surface area contributed by atoms with Gasteiger partial charge < -0.3 is 10.1 Å². The first-order valence-electron chi connectivity index (χ1n) is 6.34. The van der Waals surface area contributed by atoms with Crippen LogP contribution < -0.4 is 5.32 Å². The van der Waals surface area contributed by atoms with Crippen LogP contribution in [0, 0.1) is 0 Å². The minimum absolute atomic E-state index is 0.180. The smallest absolute Gasteiger partial charge is 0.397 e. The van der Waals surface area contributed by atoms with Gasteiger partial charge in [-0.15, -0.1) is 0 Å². The monoisotopic (exact) mass is 269 g/mol. The van der Waals surface area contributed by atoms with Crippen LogP contribution in [-0.2, 0) is 14.3 Å². The SMILES string of the molecule is CCOC(=O)C(=O)Nc1ccc(-c2ccccc2)cc1. The highest BCUT2D eigenvalue weighted by Gasteiger charge is 2.14. The fourth-order valence-electron chi connectivity index (χ4n) is 1.76. The second kappa shape index (κ2) is 6.52. The second-order valence-electron chi connectivity index (χ2n) is 4.12. The van der Waals surface area contributed by atoms with Crippen molar-refractivity contribution < 1.29 is 14.3 Å². The van der Waals surface area contributed by atoms with Gasteiger partial charge in [0.15, 0.2) is 0 Å². The molecule has 20 heavy (non-hydrogen) atoms. The Labute approximate surface area is 117 Å². The number of ether oxygens (including phenoxy) is 1. The predicted molar refractivity (Wildman–Crippen MR) is 77.1 cm³/mol. The minimum Gasteiger partial charge on any atom is -0.459 e. The third-order valence-electron chi connectivity index (χ3n) is 2.71. The Kier molecular flexibility index (Phi) is 4.50. The maximum atomic E-state index is 11.5. The fourth-order valence-corrected chi connectivity index (χ4v) is 1.76. The molecule has 0 aromatic heterocycles. The molecule has 0 aliphatic heterocycles. The van der Waals surface area contributed by atoms with Crippen LogP contribution in [0.3, 0.4) is 0 Å². The van der Waals surface area contributed by atoms with E-state index in [9.17, 15) is 9.59 Å². The summed E-state index contributed by atoms with van der Waals surface area (Å²) in [7, 11) is 0. The van der Waals surface area contributed by atoms with Crippen molar-refractivity contribution in [2.75, 3.05) is 11.9 Å². The molecular weight excluding hydrogens is 254 g/mol. The Bertz CT molecular complexity index is 591. The maximum absolute atomic E-state index is 11.5. The number of hydrogen-bond acceptors (Lipinski definition) is 3. The number of nitrogens with one attached hydrogen (secondary N) is 1. The topological polar surface area (TPSA) is 55.4 Å². The molecule has 0 bridgehead atoms. The van der Waals surface area contributed by atoms with E-state index in [4.69, 9.17) is 0 Å². The number of anilines is 1. The molecule has 1 amide bonds. The molecule has 0 aliphatic rings. The number of carbonyl (C=O) groups excluding carboxylic acids is 2. The molecule has 0 unspecified atom stereocenters. The van der Waals surface area contributed by atoms with Crippen LogP contribution >= 0.6 is 0 Å². The predicted octanol–water partition coefficient (Wildman–Crippen LogP) is 2.86. The third kappa shape index (κ3) is 3.45. The molecule has 0 spiro atoms.